The van der Waals surface area contributed by atoms with E-state index in [1.807, 2.05) is 0 Å². The summed E-state index contributed by atoms with van der Waals surface area (Å²) in [6, 6.07) is 0. The van der Waals surface area contributed by atoms with Crippen molar-refractivity contribution in [1.82, 2.24) is 0 Å². The maximum absolute atomic E-state index is 12.6. The molecular weight excluding hydrogens is 697 g/mol. The number of carbonyl (C=O) groups is 3. The Hall–Kier alpha value is -1.59. The van der Waals surface area contributed by atoms with E-state index in [0.29, 0.717) is 19.3 Å². The number of hydrogen-bond donors (Lipinski definition) is 0. The lowest BCUT2D eigenvalue weighted by molar-refractivity contribution is -0.167. The predicted molar refractivity (Wildman–Crippen MR) is 238 cm³/mol. The summed E-state index contributed by atoms with van der Waals surface area (Å²) >= 11 is 0. The zero-order valence-electron chi connectivity index (χ0n) is 38.1. The summed E-state index contributed by atoms with van der Waals surface area (Å²) in [7, 11) is 0. The van der Waals surface area contributed by atoms with Gasteiger partial charge >= 0.3 is 17.9 Å². The van der Waals surface area contributed by atoms with Gasteiger partial charge in [0.2, 0.25) is 0 Å². The zero-order chi connectivity index (χ0) is 41.0. The van der Waals surface area contributed by atoms with Crippen molar-refractivity contribution in [1.29, 1.82) is 0 Å². The number of ether oxygens (including phenoxy) is 3. The normalized spacial score (nSPS) is 11.9. The van der Waals surface area contributed by atoms with Gasteiger partial charge in [0.05, 0.1) is 0 Å². The topological polar surface area (TPSA) is 78.9 Å². The van der Waals surface area contributed by atoms with Gasteiger partial charge in [-0.2, -0.15) is 0 Å². The van der Waals surface area contributed by atoms with Gasteiger partial charge in [-0.25, -0.2) is 0 Å². The van der Waals surface area contributed by atoms with Crippen molar-refractivity contribution in [3.8, 4) is 0 Å². The molecule has 0 saturated carbocycles. The van der Waals surface area contributed by atoms with Crippen molar-refractivity contribution >= 4 is 17.9 Å². The Morgan fingerprint density at radius 2 is 0.589 bits per heavy atom. The molecule has 0 rings (SSSR count). The Kier molecular flexibility index (Phi) is 43.2. The average Bonchev–Trinajstić information content (AvgIpc) is 3.18. The molecule has 6 heteroatoms. The summed E-state index contributed by atoms with van der Waals surface area (Å²) in [5, 5.41) is 0. The van der Waals surface area contributed by atoms with E-state index in [9.17, 15) is 14.4 Å². The SMILES string of the molecule is CCCCCCCCCCCCCCCCC(=O)OC[C@@H](COC(=O)CCCCCCCCCCCCCCCCC(C)C)OC(=O)CCCCCCCCC. The molecule has 0 aromatic heterocycles. The smallest absolute Gasteiger partial charge is 0.306 e. The Morgan fingerprint density at radius 1 is 0.339 bits per heavy atom. The first-order chi connectivity index (χ1) is 27.4. The Morgan fingerprint density at radius 3 is 0.875 bits per heavy atom. The van der Waals surface area contributed by atoms with E-state index in [1.165, 1.54) is 173 Å². The molecular formula is C50H96O6. The van der Waals surface area contributed by atoms with Crippen LogP contribution in [0.5, 0.6) is 0 Å². The third-order valence-corrected chi connectivity index (χ3v) is 11.3. The fraction of sp³-hybridized carbons (Fsp3) is 0.940. The Labute approximate surface area is 348 Å². The number of rotatable bonds is 45. The summed E-state index contributed by atoms with van der Waals surface area (Å²) in [5.41, 5.74) is 0. The fourth-order valence-corrected chi connectivity index (χ4v) is 7.51. The molecule has 56 heavy (non-hydrogen) atoms. The van der Waals surface area contributed by atoms with E-state index in [1.54, 1.807) is 0 Å². The van der Waals surface area contributed by atoms with Gasteiger partial charge in [-0.1, -0.05) is 240 Å². The quantitative estimate of drug-likeness (QED) is 0.0347. The van der Waals surface area contributed by atoms with E-state index in [2.05, 4.69) is 27.7 Å². The van der Waals surface area contributed by atoms with Crippen molar-refractivity contribution in [3.63, 3.8) is 0 Å². The van der Waals surface area contributed by atoms with Gasteiger partial charge in [-0.15, -0.1) is 0 Å². The molecule has 6 nitrogen and oxygen atoms in total. The highest BCUT2D eigenvalue weighted by atomic mass is 16.6. The minimum Gasteiger partial charge on any atom is -0.462 e. The van der Waals surface area contributed by atoms with E-state index in [4.69, 9.17) is 14.2 Å². The van der Waals surface area contributed by atoms with E-state index < -0.39 is 6.10 Å². The van der Waals surface area contributed by atoms with Crippen LogP contribution in [-0.2, 0) is 28.6 Å². The Bertz CT molecular complexity index is 841. The first kappa shape index (κ1) is 54.4. The van der Waals surface area contributed by atoms with Crippen LogP contribution < -0.4 is 0 Å². The largest absolute Gasteiger partial charge is 0.462 e. The highest BCUT2D eigenvalue weighted by Crippen LogP contribution is 2.17. The van der Waals surface area contributed by atoms with Crippen LogP contribution in [0.25, 0.3) is 0 Å². The van der Waals surface area contributed by atoms with Crippen molar-refractivity contribution in [2.75, 3.05) is 13.2 Å². The van der Waals surface area contributed by atoms with Gasteiger partial charge in [-0.3, -0.25) is 14.4 Å². The van der Waals surface area contributed by atoms with E-state index in [-0.39, 0.29) is 31.1 Å². The van der Waals surface area contributed by atoms with Crippen LogP contribution in [0.4, 0.5) is 0 Å². The highest BCUT2D eigenvalue weighted by Gasteiger charge is 2.19. The van der Waals surface area contributed by atoms with Crippen molar-refractivity contribution in [3.05, 3.63) is 0 Å². The number of unbranched alkanes of at least 4 members (excludes halogenated alkanes) is 32. The molecule has 0 aliphatic carbocycles. The Balaban J connectivity index is 4.17. The summed E-state index contributed by atoms with van der Waals surface area (Å²) < 4.78 is 16.7. The monoisotopic (exact) mass is 793 g/mol. The molecule has 0 spiro atoms. The molecule has 0 bridgehead atoms. The first-order valence-electron chi connectivity index (χ1n) is 24.9. The molecule has 0 fully saturated rings. The summed E-state index contributed by atoms with van der Waals surface area (Å²) in [6.07, 6.45) is 45.3. The van der Waals surface area contributed by atoms with Gasteiger partial charge in [-0.05, 0) is 25.2 Å². The molecule has 0 aromatic carbocycles. The van der Waals surface area contributed by atoms with Gasteiger partial charge < -0.3 is 14.2 Å². The number of esters is 3. The molecule has 0 saturated heterocycles. The van der Waals surface area contributed by atoms with E-state index >= 15 is 0 Å². The molecule has 0 amide bonds. The zero-order valence-corrected chi connectivity index (χ0v) is 38.1. The third-order valence-electron chi connectivity index (χ3n) is 11.3. The maximum Gasteiger partial charge on any atom is 0.306 e. The highest BCUT2D eigenvalue weighted by molar-refractivity contribution is 5.71. The van der Waals surface area contributed by atoms with Crippen LogP contribution in [0, 0.1) is 5.92 Å². The molecule has 0 unspecified atom stereocenters. The summed E-state index contributed by atoms with van der Waals surface area (Å²) in [4.78, 5) is 37.7. The fourth-order valence-electron chi connectivity index (χ4n) is 7.51. The molecule has 0 heterocycles. The molecule has 0 radical (unpaired) electrons. The molecule has 0 N–H and O–H groups in total. The minimum atomic E-state index is -0.758. The summed E-state index contributed by atoms with van der Waals surface area (Å²) in [6.45, 7) is 8.99. The number of hydrogen-bond acceptors (Lipinski definition) is 6. The second-order valence-corrected chi connectivity index (χ2v) is 17.6. The standard InChI is InChI=1S/C50H96O6/c1-5-7-9-11-13-14-15-16-20-23-26-30-33-37-41-48(51)54-44-47(56-50(53)43-39-35-28-12-10-8-6-2)45-55-49(52)42-38-34-31-27-24-21-18-17-19-22-25-29-32-36-40-46(3)4/h46-47H,5-45H2,1-4H3/t47-/m0/s1. The second kappa shape index (κ2) is 44.5. The van der Waals surface area contributed by atoms with Crippen LogP contribution >= 0.6 is 0 Å². The van der Waals surface area contributed by atoms with Crippen LogP contribution in [0.3, 0.4) is 0 Å². The van der Waals surface area contributed by atoms with E-state index in [0.717, 1.165) is 63.7 Å². The molecule has 0 aliphatic rings. The maximum atomic E-state index is 12.6. The third kappa shape index (κ3) is 43.5. The lowest BCUT2D eigenvalue weighted by Gasteiger charge is -2.18. The summed E-state index contributed by atoms with van der Waals surface area (Å²) in [5.74, 6) is -0.00908. The van der Waals surface area contributed by atoms with Gasteiger partial charge in [0.1, 0.15) is 13.2 Å². The lowest BCUT2D eigenvalue weighted by atomic mass is 10.0. The molecule has 0 aliphatic heterocycles. The lowest BCUT2D eigenvalue weighted by Crippen LogP contribution is -2.30. The van der Waals surface area contributed by atoms with Crippen molar-refractivity contribution in [2.24, 2.45) is 5.92 Å². The van der Waals surface area contributed by atoms with Crippen LogP contribution in [0.2, 0.25) is 0 Å². The van der Waals surface area contributed by atoms with Crippen molar-refractivity contribution < 1.29 is 28.6 Å². The van der Waals surface area contributed by atoms with Gasteiger partial charge in [0.15, 0.2) is 6.10 Å². The van der Waals surface area contributed by atoms with Crippen LogP contribution in [0.15, 0.2) is 0 Å². The van der Waals surface area contributed by atoms with Crippen LogP contribution in [0.1, 0.15) is 278 Å². The predicted octanol–water partition coefficient (Wildman–Crippen LogP) is 15.9. The average molecular weight is 793 g/mol. The molecule has 0 aromatic rings. The van der Waals surface area contributed by atoms with Crippen molar-refractivity contribution in [2.45, 2.75) is 284 Å². The second-order valence-electron chi connectivity index (χ2n) is 17.6. The van der Waals surface area contributed by atoms with Gasteiger partial charge in [0, 0.05) is 19.3 Å². The number of carbonyl (C=O) groups excluding carboxylic acids is 3. The minimum absolute atomic E-state index is 0.0636. The first-order valence-corrected chi connectivity index (χ1v) is 24.9. The molecule has 1 atom stereocenters. The molecule has 332 valence electrons. The van der Waals surface area contributed by atoms with Crippen LogP contribution in [-0.4, -0.2) is 37.2 Å². The van der Waals surface area contributed by atoms with Gasteiger partial charge in [0.25, 0.3) is 0 Å².